The van der Waals surface area contributed by atoms with Gasteiger partial charge in [-0.05, 0) is 18.1 Å². The minimum absolute atomic E-state index is 0.0131. The maximum atomic E-state index is 8.76. The zero-order valence-corrected chi connectivity index (χ0v) is 7.12. The summed E-state index contributed by atoms with van der Waals surface area (Å²) in [7, 11) is 0. The van der Waals surface area contributed by atoms with Crippen molar-refractivity contribution in [2.75, 3.05) is 0 Å². The van der Waals surface area contributed by atoms with E-state index in [2.05, 4.69) is 6.07 Å². The molecule has 62 valence electrons. The van der Waals surface area contributed by atoms with E-state index in [0.29, 0.717) is 5.56 Å². The second-order valence-corrected chi connectivity index (χ2v) is 2.71. The van der Waals surface area contributed by atoms with Gasteiger partial charge in [0.25, 0.3) is 0 Å². The number of nitriles is 1. The monoisotopic (exact) mass is 160 g/mol. The molecule has 0 aliphatic carbocycles. The Morgan fingerprint density at radius 3 is 2.75 bits per heavy atom. The van der Waals surface area contributed by atoms with Crippen molar-refractivity contribution < 1.29 is 0 Å². The second kappa shape index (κ2) is 3.89. The summed E-state index contributed by atoms with van der Waals surface area (Å²) in [6.07, 6.45) is 0.860. The lowest BCUT2D eigenvalue weighted by Gasteiger charge is -2.09. The first-order chi connectivity index (χ1) is 5.79. The Balaban J connectivity index is 3.07. The average molecular weight is 160 g/mol. The number of nitrogens with two attached hydrogens (primary N) is 1. The van der Waals surface area contributed by atoms with E-state index in [1.54, 1.807) is 6.07 Å². The molecule has 0 aliphatic heterocycles. The van der Waals surface area contributed by atoms with Crippen LogP contribution in [0.15, 0.2) is 24.3 Å². The van der Waals surface area contributed by atoms with E-state index in [1.807, 2.05) is 25.1 Å². The van der Waals surface area contributed by atoms with E-state index in [9.17, 15) is 0 Å². The van der Waals surface area contributed by atoms with Gasteiger partial charge in [-0.2, -0.15) is 5.26 Å². The first-order valence-electron chi connectivity index (χ1n) is 4.04. The highest BCUT2D eigenvalue weighted by Gasteiger charge is 2.06. The fraction of sp³-hybridized carbons (Fsp3) is 0.300. The minimum Gasteiger partial charge on any atom is -0.324 e. The minimum atomic E-state index is -0.0131. The molecular formula is C10H12N2. The van der Waals surface area contributed by atoms with Gasteiger partial charge in [0.05, 0.1) is 11.6 Å². The van der Waals surface area contributed by atoms with Gasteiger partial charge in [0.2, 0.25) is 0 Å². The largest absolute Gasteiger partial charge is 0.324 e. The van der Waals surface area contributed by atoms with Gasteiger partial charge in [0, 0.05) is 6.04 Å². The number of rotatable bonds is 2. The molecule has 0 bridgehead atoms. The fourth-order valence-electron chi connectivity index (χ4n) is 1.14. The number of benzene rings is 1. The third kappa shape index (κ3) is 1.63. The summed E-state index contributed by atoms with van der Waals surface area (Å²) in [5, 5.41) is 8.76. The number of hydrogen-bond acceptors (Lipinski definition) is 2. The van der Waals surface area contributed by atoms with Crippen LogP contribution in [-0.2, 0) is 0 Å². The Morgan fingerprint density at radius 2 is 2.17 bits per heavy atom. The summed E-state index contributed by atoms with van der Waals surface area (Å²) < 4.78 is 0. The van der Waals surface area contributed by atoms with Crippen LogP contribution in [-0.4, -0.2) is 0 Å². The summed E-state index contributed by atoms with van der Waals surface area (Å²) >= 11 is 0. The van der Waals surface area contributed by atoms with Crippen LogP contribution in [0.25, 0.3) is 0 Å². The Kier molecular flexibility index (Phi) is 2.84. The molecule has 1 aromatic carbocycles. The molecule has 0 saturated carbocycles. The second-order valence-electron chi connectivity index (χ2n) is 2.71. The van der Waals surface area contributed by atoms with Crippen LogP contribution < -0.4 is 5.73 Å². The molecule has 2 N–H and O–H groups in total. The lowest BCUT2D eigenvalue weighted by Crippen LogP contribution is -2.10. The van der Waals surface area contributed by atoms with Gasteiger partial charge in [-0.25, -0.2) is 0 Å². The topological polar surface area (TPSA) is 49.8 Å². The molecule has 0 heterocycles. The van der Waals surface area contributed by atoms with E-state index in [4.69, 9.17) is 11.0 Å². The van der Waals surface area contributed by atoms with Crippen molar-refractivity contribution in [1.29, 1.82) is 5.26 Å². The lowest BCUT2D eigenvalue weighted by atomic mass is 10.0. The molecule has 0 aliphatic rings. The van der Waals surface area contributed by atoms with Crippen molar-refractivity contribution in [2.24, 2.45) is 5.73 Å². The molecule has 2 nitrogen and oxygen atoms in total. The molecule has 0 amide bonds. The van der Waals surface area contributed by atoms with E-state index in [0.717, 1.165) is 12.0 Å². The molecule has 0 aromatic heterocycles. The van der Waals surface area contributed by atoms with Crippen LogP contribution >= 0.6 is 0 Å². The highest BCUT2D eigenvalue weighted by molar-refractivity contribution is 5.39. The Bertz CT molecular complexity index is 299. The van der Waals surface area contributed by atoms with Crippen LogP contribution in [0.3, 0.4) is 0 Å². The fourth-order valence-corrected chi connectivity index (χ4v) is 1.14. The molecule has 2 heteroatoms. The van der Waals surface area contributed by atoms with Crippen molar-refractivity contribution in [3.05, 3.63) is 35.4 Å². The molecule has 0 spiro atoms. The van der Waals surface area contributed by atoms with Crippen molar-refractivity contribution in [3.8, 4) is 6.07 Å². The molecule has 1 rings (SSSR count). The van der Waals surface area contributed by atoms with Crippen molar-refractivity contribution >= 4 is 0 Å². The van der Waals surface area contributed by atoms with Crippen LogP contribution in [0.1, 0.15) is 30.5 Å². The van der Waals surface area contributed by atoms with Crippen LogP contribution in [0.5, 0.6) is 0 Å². The normalized spacial score (nSPS) is 12.1. The first kappa shape index (κ1) is 8.76. The van der Waals surface area contributed by atoms with Crippen LogP contribution in [0.4, 0.5) is 0 Å². The summed E-state index contributed by atoms with van der Waals surface area (Å²) in [6, 6.07) is 9.58. The van der Waals surface area contributed by atoms with E-state index >= 15 is 0 Å². The SMILES string of the molecule is CC[C@@H](N)c1ccccc1C#N. The third-order valence-electron chi connectivity index (χ3n) is 1.92. The predicted octanol–water partition coefficient (Wildman–Crippen LogP) is 1.97. The lowest BCUT2D eigenvalue weighted by molar-refractivity contribution is 0.697. The molecule has 1 aromatic rings. The summed E-state index contributed by atoms with van der Waals surface area (Å²) in [5.41, 5.74) is 7.45. The summed E-state index contributed by atoms with van der Waals surface area (Å²) in [6.45, 7) is 2.01. The molecule has 0 radical (unpaired) electrons. The van der Waals surface area contributed by atoms with Crippen molar-refractivity contribution in [3.63, 3.8) is 0 Å². The standard InChI is InChI=1S/C10H12N2/c1-2-10(12)9-6-4-3-5-8(9)7-11/h3-6,10H,2,12H2,1H3/t10-/m1/s1. The number of nitrogens with zero attached hydrogens (tertiary/aromatic N) is 1. The van der Waals surface area contributed by atoms with E-state index < -0.39 is 0 Å². The van der Waals surface area contributed by atoms with Gasteiger partial charge in [-0.1, -0.05) is 25.1 Å². The van der Waals surface area contributed by atoms with Gasteiger partial charge in [-0.15, -0.1) is 0 Å². The smallest absolute Gasteiger partial charge is 0.0995 e. The van der Waals surface area contributed by atoms with Crippen molar-refractivity contribution in [2.45, 2.75) is 19.4 Å². The summed E-state index contributed by atoms with van der Waals surface area (Å²) in [5.74, 6) is 0. The van der Waals surface area contributed by atoms with Gasteiger partial charge < -0.3 is 5.73 Å². The zero-order valence-electron chi connectivity index (χ0n) is 7.12. The summed E-state index contributed by atoms with van der Waals surface area (Å²) in [4.78, 5) is 0. The molecule has 0 fully saturated rings. The average Bonchev–Trinajstić information content (AvgIpc) is 2.16. The zero-order chi connectivity index (χ0) is 8.97. The van der Waals surface area contributed by atoms with Gasteiger partial charge in [0.1, 0.15) is 0 Å². The van der Waals surface area contributed by atoms with E-state index in [-0.39, 0.29) is 6.04 Å². The molecular weight excluding hydrogens is 148 g/mol. The van der Waals surface area contributed by atoms with Crippen LogP contribution in [0.2, 0.25) is 0 Å². The molecule has 12 heavy (non-hydrogen) atoms. The molecule has 0 saturated heterocycles. The van der Waals surface area contributed by atoms with Gasteiger partial charge in [0.15, 0.2) is 0 Å². The Labute approximate surface area is 72.6 Å². The van der Waals surface area contributed by atoms with Gasteiger partial charge >= 0.3 is 0 Å². The molecule has 0 unspecified atom stereocenters. The van der Waals surface area contributed by atoms with E-state index in [1.165, 1.54) is 0 Å². The van der Waals surface area contributed by atoms with Crippen molar-refractivity contribution in [1.82, 2.24) is 0 Å². The van der Waals surface area contributed by atoms with Crippen LogP contribution in [0, 0.1) is 11.3 Å². The highest BCUT2D eigenvalue weighted by Crippen LogP contribution is 2.17. The predicted molar refractivity (Wildman–Crippen MR) is 48.4 cm³/mol. The quantitative estimate of drug-likeness (QED) is 0.719. The van der Waals surface area contributed by atoms with Gasteiger partial charge in [-0.3, -0.25) is 0 Å². The Morgan fingerprint density at radius 1 is 1.50 bits per heavy atom. The maximum Gasteiger partial charge on any atom is 0.0995 e. The third-order valence-corrected chi connectivity index (χ3v) is 1.92. The highest BCUT2D eigenvalue weighted by atomic mass is 14.6. The number of hydrogen-bond donors (Lipinski definition) is 1. The molecule has 1 atom stereocenters. The first-order valence-corrected chi connectivity index (χ1v) is 4.04. The Hall–Kier alpha value is -1.33. The maximum absolute atomic E-state index is 8.76.